The summed E-state index contributed by atoms with van der Waals surface area (Å²) in [7, 11) is 0. The molecule has 1 rings (SSSR count). The maximum Gasteiger partial charge on any atom is 0.535 e. The van der Waals surface area contributed by atoms with Gasteiger partial charge in [-0.25, -0.2) is 9.59 Å². The quantitative estimate of drug-likeness (QED) is 0.190. The number of benzene rings is 1. The van der Waals surface area contributed by atoms with Crippen molar-refractivity contribution < 1.29 is 23.9 Å². The van der Waals surface area contributed by atoms with E-state index in [2.05, 4.69) is 17.4 Å². The van der Waals surface area contributed by atoms with Crippen molar-refractivity contribution >= 4 is 18.1 Å². The van der Waals surface area contributed by atoms with Crippen molar-refractivity contribution in [1.29, 1.82) is 0 Å². The Balaban J connectivity index is 2.62. The van der Waals surface area contributed by atoms with Crippen molar-refractivity contribution in [2.45, 2.75) is 85.0 Å². The van der Waals surface area contributed by atoms with Gasteiger partial charge < -0.3 is 20.5 Å². The lowest BCUT2D eigenvalue weighted by Crippen LogP contribution is -2.34. The number of rotatable bonds is 9. The molecule has 30 heavy (non-hydrogen) atoms. The second-order valence-corrected chi connectivity index (χ2v) is 8.10. The normalized spacial score (nSPS) is 13.9. The first-order valence-electron chi connectivity index (χ1n) is 10.4. The molecule has 1 aromatic rings. The molecule has 0 aliphatic carbocycles. The Morgan fingerprint density at radius 1 is 1.17 bits per heavy atom. The van der Waals surface area contributed by atoms with Gasteiger partial charge in [-0.1, -0.05) is 56.1 Å². The van der Waals surface area contributed by atoms with E-state index in [1.165, 1.54) is 0 Å². The molecule has 0 bridgehead atoms. The standard InChI is InChI=1S/C22H35N3O5/c1-7-9-10-18(8-2)28-21(27)30-25-19(23)17-13-11-16(12-14-17)15(3)24-20(26)29-22(4,5)6/h11-15,18H,7-10H2,1-6H3,(H2,23,25)(H,24,26)/t15-,18?/m0/s1. The summed E-state index contributed by atoms with van der Waals surface area (Å²) in [4.78, 5) is 28.5. The number of unbranched alkanes of at least 4 members (excludes halogenated alkanes) is 1. The van der Waals surface area contributed by atoms with Gasteiger partial charge in [-0.05, 0) is 46.1 Å². The third-order valence-corrected chi connectivity index (χ3v) is 4.26. The monoisotopic (exact) mass is 421 g/mol. The summed E-state index contributed by atoms with van der Waals surface area (Å²) in [5.74, 6) is 0.0489. The highest BCUT2D eigenvalue weighted by molar-refractivity contribution is 5.97. The first-order chi connectivity index (χ1) is 14.1. The molecule has 0 saturated carbocycles. The molecular weight excluding hydrogens is 386 g/mol. The van der Waals surface area contributed by atoms with Crippen molar-refractivity contribution in [3.8, 4) is 0 Å². The van der Waals surface area contributed by atoms with Gasteiger partial charge in [0.05, 0.1) is 6.04 Å². The molecule has 8 nitrogen and oxygen atoms in total. The van der Waals surface area contributed by atoms with Crippen LogP contribution in [0.25, 0.3) is 0 Å². The van der Waals surface area contributed by atoms with Gasteiger partial charge >= 0.3 is 12.2 Å². The predicted octanol–water partition coefficient (Wildman–Crippen LogP) is 5.01. The molecule has 0 fully saturated rings. The van der Waals surface area contributed by atoms with E-state index >= 15 is 0 Å². The summed E-state index contributed by atoms with van der Waals surface area (Å²) < 4.78 is 10.5. The van der Waals surface area contributed by atoms with Crippen molar-refractivity contribution in [2.24, 2.45) is 10.9 Å². The van der Waals surface area contributed by atoms with E-state index in [1.54, 1.807) is 45.0 Å². The average Bonchev–Trinajstić information content (AvgIpc) is 2.67. The number of amidine groups is 1. The fourth-order valence-corrected chi connectivity index (χ4v) is 2.59. The number of ether oxygens (including phenoxy) is 2. The maximum atomic E-state index is 11.9. The van der Waals surface area contributed by atoms with Crippen LogP contribution in [0.4, 0.5) is 9.59 Å². The zero-order chi connectivity index (χ0) is 22.7. The summed E-state index contributed by atoms with van der Waals surface area (Å²) in [6.07, 6.45) is 1.96. The first-order valence-corrected chi connectivity index (χ1v) is 10.4. The molecule has 2 atom stereocenters. The van der Waals surface area contributed by atoms with E-state index in [0.29, 0.717) is 12.0 Å². The van der Waals surface area contributed by atoms with Gasteiger partial charge in [0.2, 0.25) is 0 Å². The van der Waals surface area contributed by atoms with Crippen LogP contribution in [0.15, 0.2) is 29.4 Å². The highest BCUT2D eigenvalue weighted by Crippen LogP contribution is 2.15. The Kier molecular flexibility index (Phi) is 10.1. The minimum Gasteiger partial charge on any atom is -0.444 e. The minimum atomic E-state index is -0.868. The van der Waals surface area contributed by atoms with Crippen LogP contribution in [0, 0.1) is 0 Å². The lowest BCUT2D eigenvalue weighted by molar-refractivity contribution is 0.0200. The third-order valence-electron chi connectivity index (χ3n) is 4.26. The maximum absolute atomic E-state index is 11.9. The SMILES string of the molecule is CCCCC(CC)OC(=O)ON=C(N)c1ccc([C@H](C)NC(=O)OC(C)(C)C)cc1. The number of nitrogens with zero attached hydrogens (tertiary/aromatic N) is 1. The highest BCUT2D eigenvalue weighted by Gasteiger charge is 2.18. The number of carbonyl (C=O) groups excluding carboxylic acids is 2. The van der Waals surface area contributed by atoms with Gasteiger partial charge in [-0.3, -0.25) is 4.84 Å². The van der Waals surface area contributed by atoms with E-state index < -0.39 is 17.8 Å². The summed E-state index contributed by atoms with van der Waals surface area (Å²) >= 11 is 0. The van der Waals surface area contributed by atoms with Gasteiger partial charge in [-0.2, -0.15) is 0 Å². The molecule has 0 aliphatic rings. The molecule has 0 radical (unpaired) electrons. The highest BCUT2D eigenvalue weighted by atomic mass is 16.8. The molecule has 0 spiro atoms. The number of amides is 1. The summed E-state index contributed by atoms with van der Waals surface area (Å²) in [6.45, 7) is 11.3. The number of alkyl carbamates (subject to hydrolysis) is 1. The summed E-state index contributed by atoms with van der Waals surface area (Å²) in [5, 5.41) is 6.43. The van der Waals surface area contributed by atoms with Crippen LogP contribution in [0.5, 0.6) is 0 Å². The molecule has 1 unspecified atom stereocenters. The number of carbonyl (C=O) groups is 2. The number of hydrogen-bond acceptors (Lipinski definition) is 6. The zero-order valence-corrected chi connectivity index (χ0v) is 18.9. The first kappa shape index (κ1) is 25.3. The number of oxime groups is 1. The van der Waals surface area contributed by atoms with Gasteiger partial charge in [0, 0.05) is 5.56 Å². The molecule has 1 amide bonds. The van der Waals surface area contributed by atoms with E-state index in [-0.39, 0.29) is 18.0 Å². The van der Waals surface area contributed by atoms with E-state index in [1.807, 2.05) is 13.8 Å². The van der Waals surface area contributed by atoms with Crippen LogP contribution in [0.2, 0.25) is 0 Å². The van der Waals surface area contributed by atoms with Gasteiger partial charge in [0.25, 0.3) is 0 Å². The average molecular weight is 422 g/mol. The van der Waals surface area contributed by atoms with Crippen LogP contribution >= 0.6 is 0 Å². The van der Waals surface area contributed by atoms with E-state index in [9.17, 15) is 9.59 Å². The Morgan fingerprint density at radius 2 is 1.80 bits per heavy atom. The lowest BCUT2D eigenvalue weighted by atomic mass is 10.1. The molecule has 0 heterocycles. The molecule has 1 aromatic carbocycles. The van der Waals surface area contributed by atoms with Crippen molar-refractivity contribution in [3.05, 3.63) is 35.4 Å². The fraction of sp³-hybridized carbons (Fsp3) is 0.591. The van der Waals surface area contributed by atoms with Crippen LogP contribution < -0.4 is 11.1 Å². The van der Waals surface area contributed by atoms with E-state index in [0.717, 1.165) is 24.8 Å². The molecule has 168 valence electrons. The van der Waals surface area contributed by atoms with Gasteiger partial charge in [-0.15, -0.1) is 0 Å². The second-order valence-electron chi connectivity index (χ2n) is 8.10. The van der Waals surface area contributed by atoms with Crippen LogP contribution in [0.1, 0.15) is 84.4 Å². The number of nitrogens with two attached hydrogens (primary N) is 1. The second kappa shape index (κ2) is 12.0. The zero-order valence-electron chi connectivity index (χ0n) is 18.9. The fourth-order valence-electron chi connectivity index (χ4n) is 2.59. The number of hydrogen-bond donors (Lipinski definition) is 2. The smallest absolute Gasteiger partial charge is 0.444 e. The van der Waals surface area contributed by atoms with Crippen molar-refractivity contribution in [3.63, 3.8) is 0 Å². The molecule has 0 aromatic heterocycles. The van der Waals surface area contributed by atoms with Gasteiger partial charge in [0.1, 0.15) is 11.7 Å². The van der Waals surface area contributed by atoms with Crippen LogP contribution in [0.3, 0.4) is 0 Å². The number of nitrogens with one attached hydrogen (secondary N) is 1. The molecule has 0 aliphatic heterocycles. The van der Waals surface area contributed by atoms with Gasteiger partial charge in [0.15, 0.2) is 5.84 Å². The Bertz CT molecular complexity index is 710. The molecular formula is C22H35N3O5. The molecule has 3 N–H and O–H groups in total. The summed E-state index contributed by atoms with van der Waals surface area (Å²) in [6, 6.07) is 6.80. The van der Waals surface area contributed by atoms with Crippen molar-refractivity contribution in [2.75, 3.05) is 0 Å². The Hall–Kier alpha value is -2.77. The topological polar surface area (TPSA) is 112 Å². The predicted molar refractivity (Wildman–Crippen MR) is 116 cm³/mol. The lowest BCUT2D eigenvalue weighted by Gasteiger charge is -2.22. The minimum absolute atomic E-state index is 0.0489. The molecule has 8 heteroatoms. The largest absolute Gasteiger partial charge is 0.535 e. The Labute approximate surface area is 179 Å². The van der Waals surface area contributed by atoms with Crippen LogP contribution in [-0.2, 0) is 14.3 Å². The van der Waals surface area contributed by atoms with Crippen molar-refractivity contribution in [1.82, 2.24) is 5.32 Å². The molecule has 0 saturated heterocycles. The third kappa shape index (κ3) is 9.62. The summed E-state index contributed by atoms with van der Waals surface area (Å²) in [5.41, 5.74) is 6.77. The van der Waals surface area contributed by atoms with E-state index in [4.69, 9.17) is 20.0 Å². The van der Waals surface area contributed by atoms with Crippen LogP contribution in [-0.4, -0.2) is 29.8 Å². The Morgan fingerprint density at radius 3 is 2.33 bits per heavy atom.